The first-order valence-electron chi connectivity index (χ1n) is 6.15. The van der Waals surface area contributed by atoms with E-state index in [0.717, 1.165) is 6.07 Å². The number of hydrogen-bond donors (Lipinski definition) is 4. The molecule has 1 saturated heterocycles. The molecule has 4 N–H and O–H groups in total. The van der Waals surface area contributed by atoms with Gasteiger partial charge in [-0.25, -0.2) is 0 Å². The summed E-state index contributed by atoms with van der Waals surface area (Å²) in [6.07, 6.45) is -7.11. The molecule has 0 spiro atoms. The van der Waals surface area contributed by atoms with E-state index in [-0.39, 0.29) is 11.4 Å². The van der Waals surface area contributed by atoms with Crippen molar-refractivity contribution in [3.63, 3.8) is 0 Å². The Morgan fingerprint density at radius 1 is 1.24 bits per heavy atom. The summed E-state index contributed by atoms with van der Waals surface area (Å²) in [7, 11) is 0. The Bertz CT molecular complexity index is 508. The number of aliphatic hydroxyl groups excluding tert-OH is 4. The van der Waals surface area contributed by atoms with Gasteiger partial charge in [0.05, 0.1) is 17.6 Å². The number of aliphatic hydroxyl groups is 4. The minimum absolute atomic E-state index is 0.0496. The van der Waals surface area contributed by atoms with Gasteiger partial charge in [-0.3, -0.25) is 10.1 Å². The molecular weight excluding hydrogens is 286 g/mol. The fourth-order valence-corrected chi connectivity index (χ4v) is 1.97. The van der Waals surface area contributed by atoms with Crippen LogP contribution >= 0.6 is 0 Å². The molecule has 1 fully saturated rings. The molecule has 5 atom stereocenters. The highest BCUT2D eigenvalue weighted by atomic mass is 16.7. The van der Waals surface area contributed by atoms with Gasteiger partial charge in [0, 0.05) is 6.07 Å². The Balaban J connectivity index is 2.14. The number of nitro benzene ring substituents is 1. The summed E-state index contributed by atoms with van der Waals surface area (Å²) < 4.78 is 10.4. The summed E-state index contributed by atoms with van der Waals surface area (Å²) in [4.78, 5) is 10.1. The fraction of sp³-hybridized carbons (Fsp3) is 0.500. The molecule has 1 aromatic rings. The average molecular weight is 301 g/mol. The van der Waals surface area contributed by atoms with Crippen LogP contribution in [0, 0.1) is 10.1 Å². The van der Waals surface area contributed by atoms with Crippen molar-refractivity contribution in [3.05, 3.63) is 34.4 Å². The molecule has 0 radical (unpaired) electrons. The first-order chi connectivity index (χ1) is 9.93. The third-order valence-electron chi connectivity index (χ3n) is 3.13. The molecule has 0 aliphatic carbocycles. The molecule has 1 heterocycles. The predicted molar refractivity (Wildman–Crippen MR) is 67.5 cm³/mol. The first kappa shape index (κ1) is 15.6. The zero-order chi connectivity index (χ0) is 15.6. The molecule has 1 aliphatic rings. The third kappa shape index (κ3) is 3.28. The molecule has 9 nitrogen and oxygen atoms in total. The zero-order valence-electron chi connectivity index (χ0n) is 10.8. The molecule has 0 saturated carbocycles. The van der Waals surface area contributed by atoms with E-state index in [1.54, 1.807) is 0 Å². The maximum atomic E-state index is 10.7. The number of nitro groups is 1. The molecule has 0 aromatic heterocycles. The van der Waals surface area contributed by atoms with Crippen LogP contribution in [0.3, 0.4) is 0 Å². The topological polar surface area (TPSA) is 143 Å². The SMILES string of the molecule is O=[N+]([O-])c1cccc(O[C@@H]2O[C@H](CO)[C@H](O)[C@@H](O)[C@H]2O)c1. The summed E-state index contributed by atoms with van der Waals surface area (Å²) in [5.41, 5.74) is -0.211. The number of ether oxygens (including phenoxy) is 2. The van der Waals surface area contributed by atoms with E-state index in [2.05, 4.69) is 0 Å². The van der Waals surface area contributed by atoms with E-state index in [0.29, 0.717) is 0 Å². The summed E-state index contributed by atoms with van der Waals surface area (Å²) >= 11 is 0. The van der Waals surface area contributed by atoms with Crippen molar-refractivity contribution in [2.24, 2.45) is 0 Å². The van der Waals surface area contributed by atoms with Gasteiger partial charge in [0.25, 0.3) is 5.69 Å². The lowest BCUT2D eigenvalue weighted by molar-refractivity contribution is -0.385. The highest BCUT2D eigenvalue weighted by Crippen LogP contribution is 2.26. The first-order valence-corrected chi connectivity index (χ1v) is 6.15. The molecular formula is C12H15NO8. The molecule has 1 aliphatic heterocycles. The van der Waals surface area contributed by atoms with Gasteiger partial charge in [-0.2, -0.15) is 0 Å². The van der Waals surface area contributed by atoms with Gasteiger partial charge in [-0.05, 0) is 6.07 Å². The second-order valence-corrected chi connectivity index (χ2v) is 4.57. The Morgan fingerprint density at radius 3 is 2.57 bits per heavy atom. The number of rotatable bonds is 4. The maximum Gasteiger partial charge on any atom is 0.273 e. The molecule has 0 bridgehead atoms. The minimum atomic E-state index is -1.57. The normalized spacial score (nSPS) is 32.7. The van der Waals surface area contributed by atoms with Crippen LogP contribution in [0.4, 0.5) is 5.69 Å². The van der Waals surface area contributed by atoms with Crippen LogP contribution in [0.2, 0.25) is 0 Å². The Morgan fingerprint density at radius 2 is 1.95 bits per heavy atom. The lowest BCUT2D eigenvalue weighted by Crippen LogP contribution is -2.60. The van der Waals surface area contributed by atoms with E-state index in [1.165, 1.54) is 18.2 Å². The van der Waals surface area contributed by atoms with Crippen molar-refractivity contribution in [2.45, 2.75) is 30.7 Å². The summed E-state index contributed by atoms with van der Waals surface area (Å²) in [6, 6.07) is 5.19. The molecule has 9 heteroatoms. The van der Waals surface area contributed by atoms with E-state index in [1.807, 2.05) is 0 Å². The van der Waals surface area contributed by atoms with Crippen LogP contribution in [-0.4, -0.2) is 62.7 Å². The van der Waals surface area contributed by atoms with Gasteiger partial charge >= 0.3 is 0 Å². The monoisotopic (exact) mass is 301 g/mol. The van der Waals surface area contributed by atoms with E-state index in [9.17, 15) is 25.4 Å². The summed E-state index contributed by atoms with van der Waals surface area (Å²) in [6.45, 7) is -0.584. The Kier molecular flexibility index (Phi) is 4.70. The lowest BCUT2D eigenvalue weighted by atomic mass is 9.99. The third-order valence-corrected chi connectivity index (χ3v) is 3.13. The van der Waals surface area contributed by atoms with Crippen molar-refractivity contribution >= 4 is 5.69 Å². The smallest absolute Gasteiger partial charge is 0.273 e. The van der Waals surface area contributed by atoms with Gasteiger partial charge in [0.1, 0.15) is 30.2 Å². The Labute approximate surface area is 119 Å². The van der Waals surface area contributed by atoms with Crippen molar-refractivity contribution in [2.75, 3.05) is 6.61 Å². The van der Waals surface area contributed by atoms with Crippen LogP contribution < -0.4 is 4.74 Å². The quantitative estimate of drug-likeness (QED) is 0.400. The molecule has 0 unspecified atom stereocenters. The Hall–Kier alpha value is -1.78. The number of benzene rings is 1. The lowest BCUT2D eigenvalue weighted by Gasteiger charge is -2.39. The average Bonchev–Trinajstić information content (AvgIpc) is 2.48. The predicted octanol–water partition coefficient (Wildman–Crippen LogP) is -1.23. The highest BCUT2D eigenvalue weighted by molar-refractivity contribution is 5.38. The van der Waals surface area contributed by atoms with Crippen molar-refractivity contribution in [3.8, 4) is 5.75 Å². The van der Waals surface area contributed by atoms with Crippen LogP contribution in [0.5, 0.6) is 5.75 Å². The molecule has 1 aromatic carbocycles. The van der Waals surface area contributed by atoms with Crippen LogP contribution in [-0.2, 0) is 4.74 Å². The van der Waals surface area contributed by atoms with E-state index >= 15 is 0 Å². The van der Waals surface area contributed by atoms with Gasteiger partial charge in [0.15, 0.2) is 0 Å². The second-order valence-electron chi connectivity index (χ2n) is 4.57. The summed E-state index contributed by atoms with van der Waals surface area (Å²) in [5, 5.41) is 48.7. The molecule has 116 valence electrons. The highest BCUT2D eigenvalue weighted by Gasteiger charge is 2.44. The van der Waals surface area contributed by atoms with Crippen LogP contribution in [0.15, 0.2) is 24.3 Å². The van der Waals surface area contributed by atoms with Gasteiger partial charge in [0.2, 0.25) is 6.29 Å². The second kappa shape index (κ2) is 6.33. The number of nitrogens with zero attached hydrogens (tertiary/aromatic N) is 1. The van der Waals surface area contributed by atoms with E-state index < -0.39 is 42.2 Å². The standard InChI is InChI=1S/C12H15NO8/c14-5-8-9(15)10(16)11(17)12(21-8)20-7-3-1-2-6(4-7)13(18)19/h1-4,8-12,14-17H,5H2/t8-,9+,10-,11-,12-/m1/s1. The van der Waals surface area contributed by atoms with Gasteiger partial charge in [-0.15, -0.1) is 0 Å². The number of non-ortho nitro benzene ring substituents is 1. The van der Waals surface area contributed by atoms with Crippen molar-refractivity contribution < 1.29 is 34.8 Å². The zero-order valence-corrected chi connectivity index (χ0v) is 10.8. The molecule has 2 rings (SSSR count). The van der Waals surface area contributed by atoms with E-state index in [4.69, 9.17) is 14.6 Å². The van der Waals surface area contributed by atoms with Gasteiger partial charge < -0.3 is 29.9 Å². The summed E-state index contributed by atoms with van der Waals surface area (Å²) in [5.74, 6) is 0.0496. The molecule has 21 heavy (non-hydrogen) atoms. The molecule has 0 amide bonds. The van der Waals surface area contributed by atoms with Crippen LogP contribution in [0.25, 0.3) is 0 Å². The fourth-order valence-electron chi connectivity index (χ4n) is 1.97. The van der Waals surface area contributed by atoms with Crippen molar-refractivity contribution in [1.82, 2.24) is 0 Å². The largest absolute Gasteiger partial charge is 0.462 e. The van der Waals surface area contributed by atoms with Crippen LogP contribution in [0.1, 0.15) is 0 Å². The van der Waals surface area contributed by atoms with Gasteiger partial charge in [-0.1, -0.05) is 6.07 Å². The number of hydrogen-bond acceptors (Lipinski definition) is 8. The minimum Gasteiger partial charge on any atom is -0.462 e. The van der Waals surface area contributed by atoms with Crippen molar-refractivity contribution in [1.29, 1.82) is 0 Å². The maximum absolute atomic E-state index is 10.7.